The van der Waals surface area contributed by atoms with E-state index in [0.717, 1.165) is 0 Å². The number of hydrogen-bond acceptors (Lipinski definition) is 5. The Labute approximate surface area is 106 Å². The average molecular weight is 262 g/mol. The number of benzene rings is 1. The molecule has 1 aliphatic heterocycles. The molecule has 18 heavy (non-hydrogen) atoms. The highest BCUT2D eigenvalue weighted by atomic mass is 32.2. The lowest BCUT2D eigenvalue weighted by atomic mass is 10.1. The predicted octanol–water partition coefficient (Wildman–Crippen LogP) is 1.25. The van der Waals surface area contributed by atoms with Gasteiger partial charge in [-0.05, 0) is 17.7 Å². The van der Waals surface area contributed by atoms with Gasteiger partial charge in [0.2, 0.25) is 5.91 Å². The van der Waals surface area contributed by atoms with Gasteiger partial charge < -0.3 is 5.32 Å². The second kappa shape index (κ2) is 5.42. The van der Waals surface area contributed by atoms with Gasteiger partial charge in [-0.15, -0.1) is 5.10 Å². The summed E-state index contributed by atoms with van der Waals surface area (Å²) in [6.45, 7) is 0. The molecule has 0 aromatic heterocycles. The smallest absolute Gasteiger partial charge is 0.236 e. The number of halogens is 1. The van der Waals surface area contributed by atoms with Crippen LogP contribution in [0.15, 0.2) is 28.4 Å². The summed E-state index contributed by atoms with van der Waals surface area (Å²) in [6.07, 6.45) is 1.39. The number of carbonyl (C=O) groups is 1. The van der Waals surface area contributed by atoms with Crippen molar-refractivity contribution in [1.82, 2.24) is 5.32 Å². The fourth-order valence-corrected chi connectivity index (χ4v) is 1.87. The maximum atomic E-state index is 13.0. The maximum absolute atomic E-state index is 13.0. The number of amidine groups is 1. The van der Waals surface area contributed by atoms with Gasteiger partial charge in [0.25, 0.3) is 0 Å². The highest BCUT2D eigenvalue weighted by molar-refractivity contribution is 8.15. The first-order valence-corrected chi connectivity index (χ1v) is 5.91. The Morgan fingerprint density at radius 3 is 3.06 bits per heavy atom. The minimum absolute atomic E-state index is 0.0462. The highest BCUT2D eigenvalue weighted by Gasteiger charge is 2.15. The fourth-order valence-electron chi connectivity index (χ4n) is 1.24. The third kappa shape index (κ3) is 2.93. The summed E-state index contributed by atoms with van der Waals surface area (Å²) >= 11 is 1.26. The van der Waals surface area contributed by atoms with Crippen molar-refractivity contribution >= 4 is 29.1 Å². The SMILES string of the molecule is N#Cc1cc(C=NN=C2NC(=O)CS2)ccc1F. The Morgan fingerprint density at radius 2 is 2.39 bits per heavy atom. The zero-order valence-corrected chi connectivity index (χ0v) is 9.87. The van der Waals surface area contributed by atoms with Crippen molar-refractivity contribution in [1.29, 1.82) is 5.26 Å². The topological polar surface area (TPSA) is 77.6 Å². The zero-order valence-electron chi connectivity index (χ0n) is 9.05. The molecule has 90 valence electrons. The first-order chi connectivity index (χ1) is 8.69. The van der Waals surface area contributed by atoms with Crippen LogP contribution in [0.4, 0.5) is 4.39 Å². The highest BCUT2D eigenvalue weighted by Crippen LogP contribution is 2.10. The first kappa shape index (κ1) is 12.3. The molecular weight excluding hydrogens is 255 g/mol. The lowest BCUT2D eigenvalue weighted by Crippen LogP contribution is -2.19. The van der Waals surface area contributed by atoms with Crippen LogP contribution in [0.25, 0.3) is 0 Å². The molecule has 2 rings (SSSR count). The summed E-state index contributed by atoms with van der Waals surface area (Å²) in [4.78, 5) is 10.9. The van der Waals surface area contributed by atoms with Crippen LogP contribution in [0.2, 0.25) is 0 Å². The Morgan fingerprint density at radius 1 is 1.56 bits per heavy atom. The molecule has 1 heterocycles. The molecule has 7 heteroatoms. The predicted molar refractivity (Wildman–Crippen MR) is 66.7 cm³/mol. The van der Waals surface area contributed by atoms with Gasteiger partial charge in [-0.2, -0.15) is 10.4 Å². The number of nitrogens with one attached hydrogen (secondary N) is 1. The number of nitrogens with zero attached hydrogens (tertiary/aromatic N) is 3. The van der Waals surface area contributed by atoms with E-state index in [1.807, 2.05) is 0 Å². The third-order valence-corrected chi connectivity index (χ3v) is 2.92. The van der Waals surface area contributed by atoms with Crippen molar-refractivity contribution in [2.24, 2.45) is 10.2 Å². The van der Waals surface area contributed by atoms with Gasteiger partial charge in [-0.3, -0.25) is 4.79 Å². The van der Waals surface area contributed by atoms with Gasteiger partial charge in [-0.1, -0.05) is 17.8 Å². The Bertz CT molecular complexity index is 591. The second-order valence-corrected chi connectivity index (χ2v) is 4.30. The summed E-state index contributed by atoms with van der Waals surface area (Å²) < 4.78 is 13.0. The molecule has 5 nitrogen and oxygen atoms in total. The molecule has 0 atom stereocenters. The Kier molecular flexibility index (Phi) is 3.69. The summed E-state index contributed by atoms with van der Waals surface area (Å²) in [6, 6.07) is 5.79. The normalized spacial score (nSPS) is 17.1. The average Bonchev–Trinajstić information content (AvgIpc) is 2.77. The second-order valence-electron chi connectivity index (χ2n) is 3.34. The fraction of sp³-hybridized carbons (Fsp3) is 0.0909. The summed E-state index contributed by atoms with van der Waals surface area (Å²) in [5, 5.41) is 19.2. The number of hydrogen-bond donors (Lipinski definition) is 1. The lowest BCUT2D eigenvalue weighted by Gasteiger charge is -1.95. The molecule has 0 radical (unpaired) electrons. The molecule has 0 spiro atoms. The summed E-state index contributed by atoms with van der Waals surface area (Å²) in [5.41, 5.74) is 0.516. The molecule has 1 amide bonds. The van der Waals surface area contributed by atoms with E-state index >= 15 is 0 Å². The molecule has 1 aromatic carbocycles. The molecule has 0 unspecified atom stereocenters. The van der Waals surface area contributed by atoms with Crippen molar-refractivity contribution in [3.05, 3.63) is 35.1 Å². The monoisotopic (exact) mass is 262 g/mol. The molecule has 0 bridgehead atoms. The number of carbonyl (C=O) groups excluding carboxylic acids is 1. The third-order valence-electron chi connectivity index (χ3n) is 2.05. The van der Waals surface area contributed by atoms with E-state index in [-0.39, 0.29) is 11.5 Å². The van der Waals surface area contributed by atoms with Crippen molar-refractivity contribution in [3.63, 3.8) is 0 Å². The van der Waals surface area contributed by atoms with Gasteiger partial charge in [-0.25, -0.2) is 4.39 Å². The Balaban J connectivity index is 2.10. The van der Waals surface area contributed by atoms with Crippen molar-refractivity contribution in [3.8, 4) is 6.07 Å². The molecular formula is C11H7FN4OS. The van der Waals surface area contributed by atoms with Crippen molar-refractivity contribution < 1.29 is 9.18 Å². The van der Waals surface area contributed by atoms with Crippen molar-refractivity contribution in [2.75, 3.05) is 5.75 Å². The molecule has 1 saturated heterocycles. The lowest BCUT2D eigenvalue weighted by molar-refractivity contribution is -0.116. The number of nitriles is 1. The summed E-state index contributed by atoms with van der Waals surface area (Å²) in [5.74, 6) is -0.342. The number of amides is 1. The molecule has 0 saturated carbocycles. The van der Waals surface area contributed by atoms with Crippen LogP contribution in [0.1, 0.15) is 11.1 Å². The number of rotatable bonds is 2. The van der Waals surface area contributed by atoms with E-state index in [9.17, 15) is 9.18 Å². The zero-order chi connectivity index (χ0) is 13.0. The molecule has 1 aliphatic rings. The van der Waals surface area contributed by atoms with Crippen LogP contribution in [-0.4, -0.2) is 23.0 Å². The van der Waals surface area contributed by atoms with Gasteiger partial charge in [0.1, 0.15) is 11.9 Å². The van der Waals surface area contributed by atoms with Gasteiger partial charge in [0, 0.05) is 0 Å². The minimum atomic E-state index is -0.570. The van der Waals surface area contributed by atoms with Gasteiger partial charge >= 0.3 is 0 Å². The number of thioether (sulfide) groups is 1. The molecule has 1 N–H and O–H groups in total. The van der Waals surface area contributed by atoms with E-state index in [2.05, 4.69) is 15.5 Å². The van der Waals surface area contributed by atoms with E-state index in [0.29, 0.717) is 16.5 Å². The van der Waals surface area contributed by atoms with E-state index in [1.54, 1.807) is 6.07 Å². The van der Waals surface area contributed by atoms with Gasteiger partial charge in [0.15, 0.2) is 5.17 Å². The maximum Gasteiger partial charge on any atom is 0.236 e. The molecule has 0 aliphatic carbocycles. The van der Waals surface area contributed by atoms with Crippen LogP contribution in [-0.2, 0) is 4.79 Å². The van der Waals surface area contributed by atoms with Gasteiger partial charge in [0.05, 0.1) is 17.5 Å². The standard InChI is InChI=1S/C11H7FN4OS/c12-9-2-1-7(3-8(9)4-13)5-14-16-11-15-10(17)6-18-11/h1-3,5H,6H2,(H,15,16,17). The van der Waals surface area contributed by atoms with Crippen LogP contribution in [0, 0.1) is 17.1 Å². The van der Waals surface area contributed by atoms with Crippen LogP contribution in [0.5, 0.6) is 0 Å². The Hall–Kier alpha value is -2.20. The van der Waals surface area contributed by atoms with Crippen LogP contribution in [0.3, 0.4) is 0 Å². The molecule has 1 aromatic rings. The molecule has 1 fully saturated rings. The minimum Gasteiger partial charge on any atom is -0.303 e. The van der Waals surface area contributed by atoms with Crippen molar-refractivity contribution in [2.45, 2.75) is 0 Å². The quantitative estimate of drug-likeness (QED) is 0.643. The first-order valence-electron chi connectivity index (χ1n) is 4.92. The van der Waals surface area contributed by atoms with E-state index in [4.69, 9.17) is 5.26 Å². The van der Waals surface area contributed by atoms with Crippen LogP contribution < -0.4 is 5.32 Å². The van der Waals surface area contributed by atoms with Crippen LogP contribution >= 0.6 is 11.8 Å². The largest absolute Gasteiger partial charge is 0.303 e. The summed E-state index contributed by atoms with van der Waals surface area (Å²) in [7, 11) is 0. The van der Waals surface area contributed by atoms with E-state index in [1.165, 1.54) is 36.2 Å². The van der Waals surface area contributed by atoms with E-state index < -0.39 is 5.82 Å².